The SMILES string of the molecule is CCc1ccc(-c2nc(SCC(=O)N3CCN(CC(=O)NC(C)(C)C)CC3)n[nH]2)cc1. The number of rotatable bonds is 7. The fourth-order valence-electron chi connectivity index (χ4n) is 3.37. The first-order valence-electron chi connectivity index (χ1n) is 10.7. The average molecular weight is 445 g/mol. The lowest BCUT2D eigenvalue weighted by molar-refractivity contribution is -0.130. The van der Waals surface area contributed by atoms with Gasteiger partial charge in [0.1, 0.15) is 0 Å². The van der Waals surface area contributed by atoms with Crippen LogP contribution in [0.2, 0.25) is 0 Å². The molecule has 1 aliphatic heterocycles. The smallest absolute Gasteiger partial charge is 0.234 e. The number of aryl methyl sites for hydroxylation is 1. The highest BCUT2D eigenvalue weighted by molar-refractivity contribution is 7.99. The molecule has 9 heteroatoms. The van der Waals surface area contributed by atoms with E-state index in [9.17, 15) is 9.59 Å². The summed E-state index contributed by atoms with van der Waals surface area (Å²) in [5.74, 6) is 1.10. The van der Waals surface area contributed by atoms with Gasteiger partial charge in [0.25, 0.3) is 0 Å². The predicted molar refractivity (Wildman–Crippen MR) is 123 cm³/mol. The molecule has 0 bridgehead atoms. The fourth-order valence-corrected chi connectivity index (χ4v) is 4.07. The Labute approximate surface area is 188 Å². The van der Waals surface area contributed by atoms with E-state index in [2.05, 4.69) is 44.5 Å². The van der Waals surface area contributed by atoms with Crippen LogP contribution in [0.5, 0.6) is 0 Å². The second-order valence-electron chi connectivity index (χ2n) is 8.76. The predicted octanol–water partition coefficient (Wildman–Crippen LogP) is 2.19. The van der Waals surface area contributed by atoms with E-state index in [1.54, 1.807) is 0 Å². The second-order valence-corrected chi connectivity index (χ2v) is 9.70. The minimum Gasteiger partial charge on any atom is -0.350 e. The van der Waals surface area contributed by atoms with Gasteiger partial charge in [-0.25, -0.2) is 4.98 Å². The number of aromatic nitrogens is 3. The van der Waals surface area contributed by atoms with Gasteiger partial charge in [-0.15, -0.1) is 5.10 Å². The van der Waals surface area contributed by atoms with Crippen molar-refractivity contribution in [2.75, 3.05) is 38.5 Å². The van der Waals surface area contributed by atoms with Crippen LogP contribution < -0.4 is 5.32 Å². The molecule has 1 saturated heterocycles. The number of nitrogens with zero attached hydrogens (tertiary/aromatic N) is 4. The number of thioether (sulfide) groups is 1. The summed E-state index contributed by atoms with van der Waals surface area (Å²) < 4.78 is 0. The quantitative estimate of drug-likeness (QED) is 0.636. The van der Waals surface area contributed by atoms with Gasteiger partial charge in [-0.2, -0.15) is 0 Å². The van der Waals surface area contributed by atoms with Gasteiger partial charge in [-0.05, 0) is 32.8 Å². The lowest BCUT2D eigenvalue weighted by Crippen LogP contribution is -2.53. The Balaban J connectivity index is 1.42. The summed E-state index contributed by atoms with van der Waals surface area (Å²) in [6, 6.07) is 8.22. The highest BCUT2D eigenvalue weighted by Gasteiger charge is 2.24. The number of nitrogens with one attached hydrogen (secondary N) is 2. The summed E-state index contributed by atoms with van der Waals surface area (Å²) in [6.07, 6.45) is 0.998. The lowest BCUT2D eigenvalue weighted by atomic mass is 10.1. The molecule has 0 radical (unpaired) electrons. The summed E-state index contributed by atoms with van der Waals surface area (Å²) in [5, 5.41) is 10.7. The first-order chi connectivity index (χ1) is 14.7. The van der Waals surface area contributed by atoms with Crippen LogP contribution in [0.1, 0.15) is 33.3 Å². The van der Waals surface area contributed by atoms with Gasteiger partial charge in [0.15, 0.2) is 5.82 Å². The van der Waals surface area contributed by atoms with Crippen molar-refractivity contribution in [1.29, 1.82) is 0 Å². The number of carbonyl (C=O) groups excluding carboxylic acids is 2. The molecule has 3 rings (SSSR count). The molecule has 8 nitrogen and oxygen atoms in total. The maximum absolute atomic E-state index is 12.6. The first kappa shape index (κ1) is 23.3. The third-order valence-corrected chi connectivity index (χ3v) is 5.86. The standard InChI is InChI=1S/C22H32N6O2S/c1-5-16-6-8-17(9-7-16)20-23-21(26-25-20)31-15-19(30)28-12-10-27(11-13-28)14-18(29)24-22(2,3)4/h6-9H,5,10-15H2,1-4H3,(H,24,29)(H,23,25,26). The zero-order valence-corrected chi connectivity index (χ0v) is 19.6. The summed E-state index contributed by atoms with van der Waals surface area (Å²) in [7, 11) is 0. The highest BCUT2D eigenvalue weighted by Crippen LogP contribution is 2.20. The fraction of sp³-hybridized carbons (Fsp3) is 0.545. The van der Waals surface area contributed by atoms with Gasteiger partial charge in [0.2, 0.25) is 17.0 Å². The molecule has 1 fully saturated rings. The van der Waals surface area contributed by atoms with Gasteiger partial charge in [0, 0.05) is 37.3 Å². The molecule has 0 aliphatic carbocycles. The Hall–Kier alpha value is -2.39. The molecule has 0 atom stereocenters. The molecule has 0 spiro atoms. The molecule has 0 saturated carbocycles. The summed E-state index contributed by atoms with van der Waals surface area (Å²) in [5.41, 5.74) is 2.03. The molecule has 1 aliphatic rings. The summed E-state index contributed by atoms with van der Waals surface area (Å²) in [6.45, 7) is 11.1. The number of H-pyrrole nitrogens is 1. The summed E-state index contributed by atoms with van der Waals surface area (Å²) in [4.78, 5) is 33.1. The third kappa shape index (κ3) is 7.07. The monoisotopic (exact) mass is 444 g/mol. The van der Waals surface area contributed by atoms with Crippen molar-refractivity contribution in [2.24, 2.45) is 0 Å². The first-order valence-corrected chi connectivity index (χ1v) is 11.7. The second kappa shape index (κ2) is 10.3. The van der Waals surface area contributed by atoms with Crippen LogP contribution in [0, 0.1) is 0 Å². The van der Waals surface area contributed by atoms with Gasteiger partial charge in [0.05, 0.1) is 12.3 Å². The van der Waals surface area contributed by atoms with E-state index in [4.69, 9.17) is 0 Å². The number of aromatic amines is 1. The number of piperazine rings is 1. The lowest BCUT2D eigenvalue weighted by Gasteiger charge is -2.34. The number of hydrogen-bond donors (Lipinski definition) is 2. The minimum absolute atomic E-state index is 0.0209. The van der Waals surface area contributed by atoms with Crippen LogP contribution in [0.3, 0.4) is 0 Å². The van der Waals surface area contributed by atoms with Crippen molar-refractivity contribution >= 4 is 23.6 Å². The van der Waals surface area contributed by atoms with Gasteiger partial charge >= 0.3 is 0 Å². The van der Waals surface area contributed by atoms with E-state index in [0.717, 1.165) is 12.0 Å². The molecule has 0 unspecified atom stereocenters. The van der Waals surface area contributed by atoms with E-state index >= 15 is 0 Å². The van der Waals surface area contributed by atoms with Crippen molar-refractivity contribution in [3.05, 3.63) is 29.8 Å². The van der Waals surface area contributed by atoms with E-state index < -0.39 is 0 Å². The Bertz CT molecular complexity index is 882. The van der Waals surface area contributed by atoms with Crippen molar-refractivity contribution < 1.29 is 9.59 Å². The molecule has 1 aromatic carbocycles. The molecule has 1 aromatic heterocycles. The molecule has 2 heterocycles. The van der Waals surface area contributed by atoms with Crippen LogP contribution in [-0.2, 0) is 16.0 Å². The Morgan fingerprint density at radius 2 is 1.81 bits per heavy atom. The minimum atomic E-state index is -0.231. The van der Waals surface area contributed by atoms with Crippen LogP contribution in [-0.4, -0.2) is 80.8 Å². The molecule has 168 valence electrons. The zero-order valence-electron chi connectivity index (χ0n) is 18.8. The van der Waals surface area contributed by atoms with Crippen molar-refractivity contribution in [3.63, 3.8) is 0 Å². The van der Waals surface area contributed by atoms with E-state index in [-0.39, 0.29) is 17.4 Å². The van der Waals surface area contributed by atoms with Crippen molar-refractivity contribution in [3.8, 4) is 11.4 Å². The highest BCUT2D eigenvalue weighted by atomic mass is 32.2. The zero-order chi connectivity index (χ0) is 22.4. The third-order valence-electron chi connectivity index (χ3n) is 5.03. The van der Waals surface area contributed by atoms with Gasteiger partial charge < -0.3 is 10.2 Å². The largest absolute Gasteiger partial charge is 0.350 e. The van der Waals surface area contributed by atoms with Crippen molar-refractivity contribution in [1.82, 2.24) is 30.3 Å². The van der Waals surface area contributed by atoms with Crippen molar-refractivity contribution in [2.45, 2.75) is 44.8 Å². The summed E-state index contributed by atoms with van der Waals surface area (Å²) >= 11 is 1.34. The van der Waals surface area contributed by atoms with E-state index in [1.165, 1.54) is 17.3 Å². The normalized spacial score (nSPS) is 15.2. The molecular formula is C22H32N6O2S. The van der Waals surface area contributed by atoms with E-state index in [1.807, 2.05) is 37.8 Å². The topological polar surface area (TPSA) is 94.2 Å². The maximum atomic E-state index is 12.6. The number of hydrogen-bond acceptors (Lipinski definition) is 6. The number of carbonyl (C=O) groups is 2. The number of benzene rings is 1. The number of amides is 2. The average Bonchev–Trinajstić information content (AvgIpc) is 3.20. The molecular weight excluding hydrogens is 412 g/mol. The van der Waals surface area contributed by atoms with Crippen LogP contribution in [0.15, 0.2) is 29.4 Å². The maximum Gasteiger partial charge on any atom is 0.234 e. The van der Waals surface area contributed by atoms with Crippen LogP contribution in [0.4, 0.5) is 0 Å². The Kier molecular flexibility index (Phi) is 7.72. The molecule has 2 aromatic rings. The molecule has 2 N–H and O–H groups in total. The molecule has 31 heavy (non-hydrogen) atoms. The molecule has 2 amide bonds. The Morgan fingerprint density at radius 1 is 1.13 bits per heavy atom. The van der Waals surface area contributed by atoms with Gasteiger partial charge in [-0.1, -0.05) is 43.0 Å². The van der Waals surface area contributed by atoms with Crippen LogP contribution >= 0.6 is 11.8 Å². The van der Waals surface area contributed by atoms with E-state index in [0.29, 0.717) is 49.5 Å². The Morgan fingerprint density at radius 3 is 2.42 bits per heavy atom. The van der Waals surface area contributed by atoms with Gasteiger partial charge in [-0.3, -0.25) is 19.6 Å². The van der Waals surface area contributed by atoms with Crippen LogP contribution in [0.25, 0.3) is 11.4 Å².